The first-order chi connectivity index (χ1) is 9.05. The molecule has 5 heteroatoms. The van der Waals surface area contributed by atoms with Crippen LogP contribution >= 0.6 is 0 Å². The number of aromatic nitrogens is 1. The van der Waals surface area contributed by atoms with Gasteiger partial charge in [0.1, 0.15) is 6.07 Å². The summed E-state index contributed by atoms with van der Waals surface area (Å²) in [7, 11) is 0. The molecule has 0 radical (unpaired) electrons. The zero-order valence-corrected chi connectivity index (χ0v) is 11.6. The van der Waals surface area contributed by atoms with Gasteiger partial charge in [-0.05, 0) is 26.8 Å². The molecule has 5 nitrogen and oxygen atoms in total. The fourth-order valence-corrected chi connectivity index (χ4v) is 2.54. The van der Waals surface area contributed by atoms with Gasteiger partial charge >= 0.3 is 0 Å². The molecule has 2 unspecified atom stereocenters. The number of nitriles is 1. The first-order valence-electron chi connectivity index (χ1n) is 6.44. The quantitative estimate of drug-likeness (QED) is 0.865. The Hall–Kier alpha value is -1.64. The molecular formula is C14H19N3O2. The lowest BCUT2D eigenvalue weighted by Crippen LogP contribution is -2.48. The lowest BCUT2D eigenvalue weighted by Gasteiger charge is -2.38. The first-order valence-corrected chi connectivity index (χ1v) is 6.44. The molecule has 19 heavy (non-hydrogen) atoms. The van der Waals surface area contributed by atoms with Gasteiger partial charge in [0.25, 0.3) is 0 Å². The van der Waals surface area contributed by atoms with E-state index in [-0.39, 0.29) is 18.8 Å². The van der Waals surface area contributed by atoms with Gasteiger partial charge in [-0.15, -0.1) is 0 Å². The van der Waals surface area contributed by atoms with Gasteiger partial charge in [0.2, 0.25) is 0 Å². The number of anilines is 1. The van der Waals surface area contributed by atoms with Gasteiger partial charge in [-0.3, -0.25) is 4.98 Å². The van der Waals surface area contributed by atoms with Crippen LogP contribution in [-0.2, 0) is 4.74 Å². The topological polar surface area (TPSA) is 69.4 Å². The van der Waals surface area contributed by atoms with Crippen LogP contribution in [0.4, 0.5) is 5.69 Å². The summed E-state index contributed by atoms with van der Waals surface area (Å²) in [4.78, 5) is 6.43. The van der Waals surface area contributed by atoms with E-state index in [9.17, 15) is 10.4 Å². The lowest BCUT2D eigenvalue weighted by molar-refractivity contribution is -0.0421. The number of pyridine rings is 1. The zero-order chi connectivity index (χ0) is 14.0. The molecule has 0 saturated carbocycles. The van der Waals surface area contributed by atoms with Crippen LogP contribution in [-0.4, -0.2) is 42.0 Å². The molecule has 1 fully saturated rings. The van der Waals surface area contributed by atoms with Crippen LogP contribution in [0.5, 0.6) is 0 Å². The van der Waals surface area contributed by atoms with Gasteiger partial charge in [-0.25, -0.2) is 0 Å². The Balaban J connectivity index is 2.38. The maximum absolute atomic E-state index is 9.31. The maximum Gasteiger partial charge on any atom is 0.103 e. The number of aryl methyl sites for hydroxylation is 2. The lowest BCUT2D eigenvalue weighted by atomic mass is 10.1. The van der Waals surface area contributed by atoms with Crippen molar-refractivity contribution in [2.24, 2.45) is 0 Å². The van der Waals surface area contributed by atoms with E-state index in [0.29, 0.717) is 18.7 Å². The third kappa shape index (κ3) is 2.86. The van der Waals surface area contributed by atoms with E-state index >= 15 is 0 Å². The van der Waals surface area contributed by atoms with Crippen molar-refractivity contribution in [3.05, 3.63) is 23.0 Å². The molecule has 1 aliphatic heterocycles. The normalized spacial score (nSPS) is 23.2. The summed E-state index contributed by atoms with van der Waals surface area (Å²) in [6.45, 7) is 7.05. The van der Waals surface area contributed by atoms with Crippen molar-refractivity contribution in [2.75, 3.05) is 24.6 Å². The number of ether oxygens (including phenoxy) is 1. The van der Waals surface area contributed by atoms with Gasteiger partial charge in [-0.2, -0.15) is 5.26 Å². The monoisotopic (exact) mass is 261 g/mol. The Bertz CT molecular complexity index is 510. The summed E-state index contributed by atoms with van der Waals surface area (Å²) in [5, 5.41) is 18.6. The average Bonchev–Trinajstić information content (AvgIpc) is 2.37. The third-order valence-corrected chi connectivity index (χ3v) is 3.29. The summed E-state index contributed by atoms with van der Waals surface area (Å²) < 4.78 is 5.63. The molecule has 0 aromatic carbocycles. The van der Waals surface area contributed by atoms with Crippen LogP contribution in [0.1, 0.15) is 23.9 Å². The number of morpholine rings is 1. The maximum atomic E-state index is 9.31. The third-order valence-electron chi connectivity index (χ3n) is 3.29. The highest BCUT2D eigenvalue weighted by Crippen LogP contribution is 2.26. The fourth-order valence-electron chi connectivity index (χ4n) is 2.54. The molecular weight excluding hydrogens is 242 g/mol. The Morgan fingerprint density at radius 1 is 1.53 bits per heavy atom. The second kappa shape index (κ2) is 5.55. The molecule has 1 aromatic rings. The molecule has 102 valence electrons. The van der Waals surface area contributed by atoms with Gasteiger partial charge < -0.3 is 14.7 Å². The Kier molecular flexibility index (Phi) is 4.03. The van der Waals surface area contributed by atoms with Gasteiger partial charge in [0.15, 0.2) is 0 Å². The van der Waals surface area contributed by atoms with Gasteiger partial charge in [0.05, 0.1) is 35.8 Å². The molecule has 2 rings (SSSR count). The number of nitrogens with zero attached hydrogens (tertiary/aromatic N) is 3. The molecule has 1 saturated heterocycles. The Morgan fingerprint density at radius 2 is 2.26 bits per heavy atom. The summed E-state index contributed by atoms with van der Waals surface area (Å²) in [5.41, 5.74) is 3.14. The number of hydrogen-bond donors (Lipinski definition) is 1. The second-order valence-corrected chi connectivity index (χ2v) is 5.01. The smallest absolute Gasteiger partial charge is 0.103 e. The highest BCUT2D eigenvalue weighted by molar-refractivity contribution is 5.62. The number of hydrogen-bond acceptors (Lipinski definition) is 5. The van der Waals surface area contributed by atoms with Crippen molar-refractivity contribution in [3.8, 4) is 6.07 Å². The minimum atomic E-state index is -0.205. The summed E-state index contributed by atoms with van der Waals surface area (Å²) in [6.07, 6.45) is -0.171. The number of aliphatic hydroxyl groups is 1. The fraction of sp³-hybridized carbons (Fsp3) is 0.571. The van der Waals surface area contributed by atoms with Crippen LogP contribution in [0, 0.1) is 25.2 Å². The van der Waals surface area contributed by atoms with Crippen molar-refractivity contribution in [3.63, 3.8) is 0 Å². The van der Waals surface area contributed by atoms with E-state index in [1.54, 1.807) is 0 Å². The number of aliphatic hydroxyl groups excluding tert-OH is 1. The zero-order valence-electron chi connectivity index (χ0n) is 11.6. The molecule has 0 aliphatic carbocycles. The summed E-state index contributed by atoms with van der Waals surface area (Å²) in [6, 6.07) is 4.16. The average molecular weight is 261 g/mol. The Morgan fingerprint density at radius 3 is 2.89 bits per heavy atom. The molecule has 2 heterocycles. The van der Waals surface area contributed by atoms with Gasteiger partial charge in [-0.1, -0.05) is 0 Å². The van der Waals surface area contributed by atoms with E-state index in [1.165, 1.54) is 0 Å². The summed E-state index contributed by atoms with van der Waals surface area (Å²) in [5.74, 6) is 0. The highest BCUT2D eigenvalue weighted by atomic mass is 16.5. The highest BCUT2D eigenvalue weighted by Gasteiger charge is 2.27. The molecule has 2 atom stereocenters. The summed E-state index contributed by atoms with van der Waals surface area (Å²) >= 11 is 0. The van der Waals surface area contributed by atoms with E-state index in [1.807, 2.05) is 26.8 Å². The molecule has 1 N–H and O–H groups in total. The van der Waals surface area contributed by atoms with Crippen LogP contribution in [0.25, 0.3) is 0 Å². The van der Waals surface area contributed by atoms with E-state index in [4.69, 9.17) is 4.74 Å². The van der Waals surface area contributed by atoms with E-state index < -0.39 is 0 Å². The van der Waals surface area contributed by atoms with Gasteiger partial charge in [0, 0.05) is 18.8 Å². The van der Waals surface area contributed by atoms with Crippen molar-refractivity contribution in [1.29, 1.82) is 5.26 Å². The minimum absolute atomic E-state index is 0.00816. The predicted octanol–water partition coefficient (Wildman–Crippen LogP) is 1.16. The molecule has 1 aromatic heterocycles. The first kappa shape index (κ1) is 13.8. The minimum Gasteiger partial charge on any atom is -0.394 e. The second-order valence-electron chi connectivity index (χ2n) is 5.01. The molecule has 0 amide bonds. The van der Waals surface area contributed by atoms with Crippen LogP contribution in [0.3, 0.4) is 0 Å². The SMILES string of the molecule is Cc1cc(N2CC(C)OC(CO)C2)c(C#N)c(C)n1. The predicted molar refractivity (Wildman–Crippen MR) is 72.1 cm³/mol. The molecule has 0 bridgehead atoms. The molecule has 1 aliphatic rings. The number of rotatable bonds is 2. The van der Waals surface area contributed by atoms with Crippen LogP contribution < -0.4 is 4.90 Å². The van der Waals surface area contributed by atoms with E-state index in [2.05, 4.69) is 16.0 Å². The van der Waals surface area contributed by atoms with Crippen molar-refractivity contribution < 1.29 is 9.84 Å². The van der Waals surface area contributed by atoms with Crippen LogP contribution in [0.2, 0.25) is 0 Å². The standard InChI is InChI=1S/C14H19N3O2/c1-9-4-14(13(5-15)11(3)16-9)17-6-10(2)19-12(7-17)8-18/h4,10,12,18H,6-8H2,1-3H3. The molecule has 0 spiro atoms. The van der Waals surface area contributed by atoms with Crippen LogP contribution in [0.15, 0.2) is 6.07 Å². The van der Waals surface area contributed by atoms with Crippen molar-refractivity contribution in [2.45, 2.75) is 33.0 Å². The van der Waals surface area contributed by atoms with Crippen molar-refractivity contribution >= 4 is 5.69 Å². The van der Waals surface area contributed by atoms with Crippen molar-refractivity contribution in [1.82, 2.24) is 4.98 Å². The Labute approximate surface area is 113 Å². The van der Waals surface area contributed by atoms with E-state index in [0.717, 1.165) is 17.1 Å². The largest absolute Gasteiger partial charge is 0.394 e.